The molecule has 2 aromatic heterocycles. The minimum atomic E-state index is -0.293. The normalized spacial score (nSPS) is 11.2. The highest BCUT2D eigenvalue weighted by molar-refractivity contribution is 6.37. The predicted molar refractivity (Wildman–Crippen MR) is 137 cm³/mol. The van der Waals surface area contributed by atoms with Gasteiger partial charge in [-0.1, -0.05) is 29.3 Å². The number of aromatic nitrogens is 3. The van der Waals surface area contributed by atoms with E-state index in [0.29, 0.717) is 32.5 Å². The highest BCUT2D eigenvalue weighted by Gasteiger charge is 2.13. The van der Waals surface area contributed by atoms with Crippen molar-refractivity contribution in [3.05, 3.63) is 81.5 Å². The lowest BCUT2D eigenvalue weighted by atomic mass is 10.2. The second kappa shape index (κ2) is 10.2. The zero-order valence-corrected chi connectivity index (χ0v) is 19.9. The maximum absolute atomic E-state index is 13.0. The molecule has 0 unspecified atom stereocenters. The Hall–Kier alpha value is -3.13. The third kappa shape index (κ3) is 5.45. The van der Waals surface area contributed by atoms with Gasteiger partial charge in [0.1, 0.15) is 12.1 Å². The van der Waals surface area contributed by atoms with Gasteiger partial charge in [-0.2, -0.15) is 0 Å². The van der Waals surface area contributed by atoms with Crippen LogP contribution in [0.4, 0.5) is 17.2 Å². The Balaban J connectivity index is 1.50. The smallest absolute Gasteiger partial charge is 0.267 e. The van der Waals surface area contributed by atoms with Crippen LogP contribution in [-0.2, 0) is 0 Å². The Morgan fingerprint density at radius 2 is 1.70 bits per heavy atom. The van der Waals surface area contributed by atoms with Crippen molar-refractivity contribution in [1.29, 1.82) is 0 Å². The molecule has 0 radical (unpaired) electrons. The van der Waals surface area contributed by atoms with E-state index >= 15 is 0 Å². The summed E-state index contributed by atoms with van der Waals surface area (Å²) in [6.45, 7) is 1.96. The van der Waals surface area contributed by atoms with Crippen LogP contribution in [0.25, 0.3) is 16.6 Å². The van der Waals surface area contributed by atoms with Crippen LogP contribution in [0.15, 0.2) is 65.8 Å². The third-order valence-corrected chi connectivity index (χ3v) is 5.70. The summed E-state index contributed by atoms with van der Waals surface area (Å²) >= 11 is 12.5. The molecule has 2 N–H and O–H groups in total. The molecule has 0 aliphatic carbocycles. The summed E-state index contributed by atoms with van der Waals surface area (Å²) in [6.07, 6.45) is 4.01. The molecule has 170 valence electrons. The lowest BCUT2D eigenvalue weighted by molar-refractivity contribution is 0.405. The number of halogens is 2. The van der Waals surface area contributed by atoms with E-state index in [-0.39, 0.29) is 5.56 Å². The fourth-order valence-electron chi connectivity index (χ4n) is 3.41. The molecule has 0 amide bonds. The van der Waals surface area contributed by atoms with Crippen molar-refractivity contribution in [3.8, 4) is 5.69 Å². The average Bonchev–Trinajstić information content (AvgIpc) is 2.79. The van der Waals surface area contributed by atoms with Crippen LogP contribution in [0.2, 0.25) is 10.0 Å². The molecule has 0 aliphatic rings. The van der Waals surface area contributed by atoms with Crippen molar-refractivity contribution >= 4 is 51.3 Å². The Kier molecular flexibility index (Phi) is 7.13. The molecule has 0 aliphatic heterocycles. The maximum atomic E-state index is 13.0. The molecule has 7 nitrogen and oxygen atoms in total. The summed E-state index contributed by atoms with van der Waals surface area (Å²) in [6, 6.07) is 14.8. The van der Waals surface area contributed by atoms with Gasteiger partial charge in [0.15, 0.2) is 0 Å². The monoisotopic (exact) mass is 482 g/mol. The molecule has 2 heterocycles. The van der Waals surface area contributed by atoms with Gasteiger partial charge in [0.25, 0.3) is 5.56 Å². The van der Waals surface area contributed by atoms with Crippen LogP contribution in [-0.4, -0.2) is 46.6 Å². The first-order valence-corrected chi connectivity index (χ1v) is 11.3. The molecular weight excluding hydrogens is 459 g/mol. The Morgan fingerprint density at radius 3 is 2.39 bits per heavy atom. The topological polar surface area (TPSA) is 75.1 Å². The van der Waals surface area contributed by atoms with Gasteiger partial charge in [0.05, 0.1) is 26.6 Å². The van der Waals surface area contributed by atoms with Crippen molar-refractivity contribution in [2.75, 3.05) is 37.8 Å². The fourth-order valence-corrected chi connectivity index (χ4v) is 3.99. The Bertz CT molecular complexity index is 1300. The number of pyridine rings is 1. The lowest BCUT2D eigenvalue weighted by Crippen LogP contribution is -2.19. The number of fused-ring (bicyclic) bond motifs is 1. The number of nitrogens with zero attached hydrogens (tertiary/aromatic N) is 4. The summed E-state index contributed by atoms with van der Waals surface area (Å²) in [7, 11) is 4.14. The molecule has 0 saturated heterocycles. The minimum Gasteiger partial charge on any atom is -0.385 e. The zero-order chi connectivity index (χ0) is 23.4. The summed E-state index contributed by atoms with van der Waals surface area (Å²) in [5.41, 5.74) is 2.58. The number of benzene rings is 2. The Morgan fingerprint density at radius 1 is 1.00 bits per heavy atom. The molecule has 0 spiro atoms. The fraction of sp³-hybridized carbons (Fsp3) is 0.208. The molecule has 4 aromatic rings. The molecule has 0 fully saturated rings. The molecule has 4 rings (SSSR count). The second-order valence-corrected chi connectivity index (χ2v) is 8.68. The number of anilines is 3. The van der Waals surface area contributed by atoms with Crippen LogP contribution in [0.5, 0.6) is 0 Å². The number of para-hydroxylation sites is 1. The first kappa shape index (κ1) is 23.0. The molecule has 9 heteroatoms. The zero-order valence-electron chi connectivity index (χ0n) is 18.3. The second-order valence-electron chi connectivity index (χ2n) is 7.86. The van der Waals surface area contributed by atoms with Crippen molar-refractivity contribution in [1.82, 2.24) is 19.4 Å². The molecule has 0 bridgehead atoms. The van der Waals surface area contributed by atoms with E-state index in [0.717, 1.165) is 30.9 Å². The van der Waals surface area contributed by atoms with E-state index in [1.165, 1.54) is 17.1 Å². The average molecular weight is 483 g/mol. The third-order valence-electron chi connectivity index (χ3n) is 5.09. The van der Waals surface area contributed by atoms with Gasteiger partial charge in [-0.15, -0.1) is 0 Å². The van der Waals surface area contributed by atoms with Crippen LogP contribution in [0.1, 0.15) is 6.42 Å². The first-order valence-electron chi connectivity index (χ1n) is 10.5. The number of hydrogen-bond acceptors (Lipinski definition) is 6. The molecular formula is C24H24Cl2N6O. The molecule has 33 heavy (non-hydrogen) atoms. The van der Waals surface area contributed by atoms with Gasteiger partial charge in [-0.05, 0) is 63.5 Å². The summed E-state index contributed by atoms with van der Waals surface area (Å²) < 4.78 is 1.34. The summed E-state index contributed by atoms with van der Waals surface area (Å²) in [5.74, 6) is 0.592. The number of rotatable bonds is 8. The van der Waals surface area contributed by atoms with Gasteiger partial charge in [0, 0.05) is 30.2 Å². The largest absolute Gasteiger partial charge is 0.385 e. The molecule has 0 saturated carbocycles. The Labute approximate surface area is 202 Å². The van der Waals surface area contributed by atoms with E-state index in [9.17, 15) is 4.79 Å². The summed E-state index contributed by atoms with van der Waals surface area (Å²) in [4.78, 5) is 24.0. The van der Waals surface area contributed by atoms with Crippen molar-refractivity contribution in [2.45, 2.75) is 6.42 Å². The maximum Gasteiger partial charge on any atom is 0.267 e. The lowest BCUT2D eigenvalue weighted by Gasteiger charge is -2.12. The van der Waals surface area contributed by atoms with E-state index in [4.69, 9.17) is 23.2 Å². The molecule has 0 atom stereocenters. The van der Waals surface area contributed by atoms with Gasteiger partial charge >= 0.3 is 0 Å². The van der Waals surface area contributed by atoms with Gasteiger partial charge in [0.2, 0.25) is 0 Å². The number of hydrogen-bond donors (Lipinski definition) is 2. The van der Waals surface area contributed by atoms with Crippen LogP contribution < -0.4 is 16.2 Å². The van der Waals surface area contributed by atoms with Crippen molar-refractivity contribution < 1.29 is 0 Å². The van der Waals surface area contributed by atoms with E-state index in [1.54, 1.807) is 24.3 Å². The van der Waals surface area contributed by atoms with Gasteiger partial charge in [-0.3, -0.25) is 9.36 Å². The standard InChI is InChI=1S/C24H24Cl2N6O/c1-31(2)12-4-11-27-16-7-9-17(10-8-16)30-22-13-21-18(14-28-22)24(33)32(15-29-21)23-19(25)5-3-6-20(23)26/h3,5-10,13-15,27H,4,11-12H2,1-2H3,(H,28,30). The van der Waals surface area contributed by atoms with E-state index in [1.807, 2.05) is 24.3 Å². The highest BCUT2D eigenvalue weighted by atomic mass is 35.5. The first-order chi connectivity index (χ1) is 15.9. The van der Waals surface area contributed by atoms with Crippen molar-refractivity contribution in [3.63, 3.8) is 0 Å². The number of nitrogens with one attached hydrogen (secondary N) is 2. The van der Waals surface area contributed by atoms with Gasteiger partial charge in [-0.25, -0.2) is 9.97 Å². The SMILES string of the molecule is CN(C)CCCNc1ccc(Nc2cc3ncn(-c4c(Cl)cccc4Cl)c(=O)c3cn2)cc1. The highest BCUT2D eigenvalue weighted by Crippen LogP contribution is 2.27. The van der Waals surface area contributed by atoms with Gasteiger partial charge < -0.3 is 15.5 Å². The minimum absolute atomic E-state index is 0.293. The van der Waals surface area contributed by atoms with Crippen LogP contribution >= 0.6 is 23.2 Å². The van der Waals surface area contributed by atoms with Crippen LogP contribution in [0, 0.1) is 0 Å². The van der Waals surface area contributed by atoms with E-state index in [2.05, 4.69) is 39.6 Å². The summed E-state index contributed by atoms with van der Waals surface area (Å²) in [5, 5.41) is 7.77. The predicted octanol–water partition coefficient (Wildman–Crippen LogP) is 5.19. The molecule has 2 aromatic carbocycles. The van der Waals surface area contributed by atoms with Crippen LogP contribution in [0.3, 0.4) is 0 Å². The van der Waals surface area contributed by atoms with Crippen molar-refractivity contribution in [2.24, 2.45) is 0 Å². The quantitative estimate of drug-likeness (QED) is 0.336. The van der Waals surface area contributed by atoms with E-state index < -0.39 is 0 Å².